The molecule has 0 aliphatic heterocycles. The van der Waals surface area contributed by atoms with E-state index in [0.29, 0.717) is 50.2 Å². The minimum atomic E-state index is -1.52. The minimum absolute atomic E-state index is 0.0521. The van der Waals surface area contributed by atoms with Crippen molar-refractivity contribution in [2.24, 2.45) is 11.5 Å². The third kappa shape index (κ3) is 4.66. The minimum Gasteiger partial charge on any atom is -0.457 e. The summed E-state index contributed by atoms with van der Waals surface area (Å²) in [6, 6.07) is 18.0. The Labute approximate surface area is 249 Å². The summed E-state index contributed by atoms with van der Waals surface area (Å²) in [4.78, 5) is 30.6. The van der Waals surface area contributed by atoms with E-state index >= 15 is 0 Å². The highest BCUT2D eigenvalue weighted by Crippen LogP contribution is 2.50. The second-order valence-corrected chi connectivity index (χ2v) is 12.8. The fourth-order valence-corrected chi connectivity index (χ4v) is 7.81. The van der Waals surface area contributed by atoms with Crippen molar-refractivity contribution in [1.82, 2.24) is 10.2 Å². The highest BCUT2D eigenvalue weighted by Gasteiger charge is 2.49. The number of amides is 1. The third-order valence-electron chi connectivity index (χ3n) is 8.83. The van der Waals surface area contributed by atoms with Crippen LogP contribution in [0.4, 0.5) is 5.69 Å². The molecule has 6 rings (SSSR count). The summed E-state index contributed by atoms with van der Waals surface area (Å²) < 4.78 is 6.74. The molecule has 2 unspecified atom stereocenters. The van der Waals surface area contributed by atoms with Gasteiger partial charge in [0.25, 0.3) is 5.91 Å². The number of thiophene rings is 1. The summed E-state index contributed by atoms with van der Waals surface area (Å²) in [6.45, 7) is 1.91. The summed E-state index contributed by atoms with van der Waals surface area (Å²) in [5, 5.41) is 3.94. The average Bonchev–Trinajstić information content (AvgIpc) is 3.38. The maximum absolute atomic E-state index is 14.2. The van der Waals surface area contributed by atoms with Gasteiger partial charge >= 0.3 is 0 Å². The number of benzene rings is 3. The second-order valence-electron chi connectivity index (χ2n) is 11.7. The Balaban J connectivity index is 1.40. The lowest BCUT2D eigenvalue weighted by Gasteiger charge is -2.37. The van der Waals surface area contributed by atoms with E-state index in [0.717, 1.165) is 35.9 Å². The first-order valence-electron chi connectivity index (χ1n) is 14.3. The van der Waals surface area contributed by atoms with Crippen molar-refractivity contribution in [2.45, 2.75) is 56.3 Å². The molecule has 0 radical (unpaired) electrons. The van der Waals surface area contributed by atoms with Crippen LogP contribution in [0.5, 0.6) is 11.5 Å². The number of hydrogen-bond donors (Lipinski definition) is 4. The molecule has 1 aromatic heterocycles. The number of ether oxygens (including phenoxy) is 1. The average molecular weight is 584 g/mol. The van der Waals surface area contributed by atoms with Crippen molar-refractivity contribution < 1.29 is 14.3 Å². The van der Waals surface area contributed by atoms with Gasteiger partial charge in [-0.25, -0.2) is 0 Å². The Morgan fingerprint density at radius 1 is 1.05 bits per heavy atom. The number of nitrogen functional groups attached to an aromatic ring is 1. The third-order valence-corrected chi connectivity index (χ3v) is 10.1. The zero-order valence-corrected chi connectivity index (χ0v) is 25.0. The Bertz CT molecular complexity index is 1680. The monoisotopic (exact) mass is 583 g/mol. The molecule has 7 N–H and O–H groups in total. The molecule has 0 saturated heterocycles. The van der Waals surface area contributed by atoms with Crippen LogP contribution in [0.25, 0.3) is 10.1 Å². The van der Waals surface area contributed by atoms with Gasteiger partial charge in [-0.05, 0) is 93.7 Å². The van der Waals surface area contributed by atoms with Gasteiger partial charge in [0.15, 0.2) is 5.78 Å². The van der Waals surface area contributed by atoms with Crippen molar-refractivity contribution >= 4 is 38.8 Å². The van der Waals surface area contributed by atoms with E-state index in [-0.39, 0.29) is 17.7 Å². The number of nitrogens with one attached hydrogen (secondary N) is 1. The zero-order chi connectivity index (χ0) is 29.8. The quantitative estimate of drug-likeness (QED) is 0.235. The smallest absolute Gasteiger partial charge is 0.261 e. The molecule has 0 spiro atoms. The zero-order valence-electron chi connectivity index (χ0n) is 24.1. The first-order chi connectivity index (χ1) is 20.1. The molecule has 9 heteroatoms. The molecule has 4 aromatic rings. The number of hydrogen-bond acceptors (Lipinski definition) is 8. The largest absolute Gasteiger partial charge is 0.457 e. The van der Waals surface area contributed by atoms with Crippen molar-refractivity contribution in [3.05, 3.63) is 87.8 Å². The van der Waals surface area contributed by atoms with Crippen molar-refractivity contribution in [3.63, 3.8) is 0 Å². The van der Waals surface area contributed by atoms with Gasteiger partial charge in [0.2, 0.25) is 0 Å². The van der Waals surface area contributed by atoms with Crippen LogP contribution in [0.2, 0.25) is 0 Å². The predicted octanol–water partition coefficient (Wildman–Crippen LogP) is 4.97. The van der Waals surface area contributed by atoms with Crippen LogP contribution in [0.1, 0.15) is 63.7 Å². The molecule has 2 aliphatic carbocycles. The number of aryl methyl sites for hydroxylation is 1. The van der Waals surface area contributed by atoms with Gasteiger partial charge in [0.1, 0.15) is 17.0 Å². The van der Waals surface area contributed by atoms with Crippen LogP contribution in [0.15, 0.2) is 60.7 Å². The summed E-state index contributed by atoms with van der Waals surface area (Å²) in [6.07, 6.45) is 3.97. The van der Waals surface area contributed by atoms with Gasteiger partial charge < -0.3 is 32.2 Å². The van der Waals surface area contributed by atoms with Crippen LogP contribution in [0, 0.1) is 6.92 Å². The standard InChI is InChI=1S/C33H37N5O3S/c1-18-16-22(41-21-10-5-4-6-11-21)12-13-23(18)33(36)24-14-15-25(34)29-26(24)27(28(35)31(33)39)30(42-29)32(40)37-19-8-7-9-20(17-19)38(2)3/h4-6,10-16,19-20,28H,7-9,17,34-36H2,1-3H3,(H,37,40)/t19-,20+,28?,33?/m1/s1. The number of anilines is 1. The maximum Gasteiger partial charge on any atom is 0.261 e. The second kappa shape index (κ2) is 10.8. The SMILES string of the molecule is Cc1cc(Oc2ccccc2)ccc1C1(N)C(=O)C(N)c2c(C(=O)N[C@@H]3CCC[C@H](N(C)C)C3)sc3c(N)ccc1c23. The predicted molar refractivity (Wildman–Crippen MR) is 168 cm³/mol. The number of carbonyl (C=O) groups is 2. The molecule has 2 aliphatic rings. The summed E-state index contributed by atoms with van der Waals surface area (Å²) in [7, 11) is 4.15. The van der Waals surface area contributed by atoms with E-state index in [1.807, 2.05) is 55.5 Å². The number of nitrogens with zero attached hydrogens (tertiary/aromatic N) is 1. The first-order valence-corrected chi connectivity index (χ1v) is 15.2. The molecule has 1 amide bonds. The molecular formula is C33H37N5O3S. The van der Waals surface area contributed by atoms with Crippen LogP contribution >= 0.6 is 11.3 Å². The van der Waals surface area contributed by atoms with Crippen LogP contribution in [0.3, 0.4) is 0 Å². The Hall–Kier alpha value is -3.76. The summed E-state index contributed by atoms with van der Waals surface area (Å²) in [5.74, 6) is 0.767. The van der Waals surface area contributed by atoms with Crippen LogP contribution in [-0.4, -0.2) is 42.8 Å². The van der Waals surface area contributed by atoms with Gasteiger partial charge in [-0.15, -0.1) is 11.3 Å². The normalized spacial score (nSPS) is 23.8. The Morgan fingerprint density at radius 3 is 2.50 bits per heavy atom. The molecular weight excluding hydrogens is 546 g/mol. The van der Waals surface area contributed by atoms with Crippen LogP contribution < -0.4 is 27.3 Å². The van der Waals surface area contributed by atoms with Gasteiger partial charge in [0.05, 0.1) is 15.6 Å². The lowest BCUT2D eigenvalue weighted by atomic mass is 9.69. The van der Waals surface area contributed by atoms with Crippen LogP contribution in [-0.2, 0) is 10.3 Å². The van der Waals surface area contributed by atoms with Crippen molar-refractivity contribution in [2.75, 3.05) is 19.8 Å². The fraction of sp³-hybridized carbons (Fsp3) is 0.333. The van der Waals surface area contributed by atoms with Crippen molar-refractivity contribution in [3.8, 4) is 11.5 Å². The molecule has 0 bridgehead atoms. The Morgan fingerprint density at radius 2 is 1.79 bits per heavy atom. The molecule has 3 aromatic carbocycles. The summed E-state index contributed by atoms with van der Waals surface area (Å²) >= 11 is 1.29. The molecule has 1 fully saturated rings. The lowest BCUT2D eigenvalue weighted by Crippen LogP contribution is -2.53. The fourth-order valence-electron chi connectivity index (χ4n) is 6.61. The molecule has 1 heterocycles. The highest BCUT2D eigenvalue weighted by atomic mass is 32.1. The van der Waals surface area contributed by atoms with E-state index in [2.05, 4.69) is 24.3 Å². The van der Waals surface area contributed by atoms with E-state index in [4.69, 9.17) is 21.9 Å². The van der Waals surface area contributed by atoms with E-state index in [1.165, 1.54) is 11.3 Å². The number of Topliss-reactive ketones (excluding diaryl/α,β-unsaturated/α-hetero) is 1. The van der Waals surface area contributed by atoms with E-state index in [1.54, 1.807) is 12.1 Å². The Kier molecular flexibility index (Phi) is 7.31. The number of nitrogens with two attached hydrogens (primary N) is 3. The van der Waals surface area contributed by atoms with Gasteiger partial charge in [-0.3, -0.25) is 9.59 Å². The first kappa shape index (κ1) is 28.4. The molecule has 218 valence electrons. The van der Waals surface area contributed by atoms with Gasteiger partial charge in [-0.2, -0.15) is 0 Å². The maximum atomic E-state index is 14.2. The van der Waals surface area contributed by atoms with E-state index < -0.39 is 11.6 Å². The number of ketones is 1. The van der Waals surface area contributed by atoms with Gasteiger partial charge in [-0.1, -0.05) is 30.3 Å². The number of carbonyl (C=O) groups excluding carboxylic acids is 2. The highest BCUT2D eigenvalue weighted by molar-refractivity contribution is 7.21. The summed E-state index contributed by atoms with van der Waals surface area (Å²) in [5.41, 5.74) is 21.8. The number of rotatable bonds is 6. The molecule has 42 heavy (non-hydrogen) atoms. The van der Waals surface area contributed by atoms with E-state index in [9.17, 15) is 9.59 Å². The molecule has 1 saturated carbocycles. The topological polar surface area (TPSA) is 137 Å². The van der Waals surface area contributed by atoms with Crippen molar-refractivity contribution in [1.29, 1.82) is 0 Å². The molecule has 8 nitrogen and oxygen atoms in total. The lowest BCUT2D eigenvalue weighted by molar-refractivity contribution is -0.124. The van der Waals surface area contributed by atoms with Gasteiger partial charge in [0, 0.05) is 28.7 Å². The number of para-hydroxylation sites is 1. The molecule has 4 atom stereocenters.